The molecule has 0 saturated heterocycles. The van der Waals surface area contributed by atoms with Crippen molar-refractivity contribution in [1.82, 2.24) is 0 Å². The average molecular weight is 227 g/mol. The highest BCUT2D eigenvalue weighted by Crippen LogP contribution is 2.31. The molecule has 2 aromatic rings. The van der Waals surface area contributed by atoms with Crippen molar-refractivity contribution in [2.45, 2.75) is 6.92 Å². The molecule has 0 saturated carbocycles. The van der Waals surface area contributed by atoms with Crippen LogP contribution in [-0.2, 0) is 0 Å². The van der Waals surface area contributed by atoms with E-state index in [0.29, 0.717) is 0 Å². The molecule has 2 nitrogen and oxygen atoms in total. The number of ether oxygens (including phenoxy) is 2. The molecule has 0 bridgehead atoms. The third-order valence-electron chi connectivity index (χ3n) is 2.73. The molecule has 1 radical (unpaired) electrons. The zero-order chi connectivity index (χ0) is 12.3. The van der Waals surface area contributed by atoms with E-state index in [9.17, 15) is 0 Å². The molecule has 0 aromatic heterocycles. The first-order valence-electron chi connectivity index (χ1n) is 5.45. The molecule has 0 aliphatic rings. The van der Waals surface area contributed by atoms with E-state index in [1.807, 2.05) is 37.3 Å². The minimum absolute atomic E-state index is 0.794. The SMILES string of the molecule is COc1cc(OC)cc(-c2ccc[c]c2C)c1. The standard InChI is InChI=1S/C15H15O2/c1-11-6-4-5-7-15(11)12-8-13(16-2)10-14(9-12)17-3/h4-5,7-10H,1-3H3. The maximum atomic E-state index is 5.27. The Labute approximate surface area is 102 Å². The summed E-state index contributed by atoms with van der Waals surface area (Å²) in [5.41, 5.74) is 3.34. The summed E-state index contributed by atoms with van der Waals surface area (Å²) in [6.07, 6.45) is 0. The molecule has 0 N–H and O–H groups in total. The second kappa shape index (κ2) is 4.91. The van der Waals surface area contributed by atoms with E-state index < -0.39 is 0 Å². The molecule has 2 aromatic carbocycles. The first-order chi connectivity index (χ1) is 8.24. The van der Waals surface area contributed by atoms with Crippen LogP contribution in [0.5, 0.6) is 11.5 Å². The molecule has 0 aliphatic heterocycles. The second-order valence-electron chi connectivity index (χ2n) is 3.81. The number of hydrogen-bond acceptors (Lipinski definition) is 2. The number of hydrogen-bond donors (Lipinski definition) is 0. The van der Waals surface area contributed by atoms with Crippen molar-refractivity contribution < 1.29 is 9.47 Å². The molecule has 2 heteroatoms. The van der Waals surface area contributed by atoms with Gasteiger partial charge in [-0.05, 0) is 41.8 Å². The molecular weight excluding hydrogens is 212 g/mol. The highest BCUT2D eigenvalue weighted by Gasteiger charge is 2.05. The van der Waals surface area contributed by atoms with Crippen LogP contribution in [0.3, 0.4) is 0 Å². The molecule has 17 heavy (non-hydrogen) atoms. The highest BCUT2D eigenvalue weighted by atomic mass is 16.5. The molecule has 0 atom stereocenters. The van der Waals surface area contributed by atoms with Gasteiger partial charge in [-0.1, -0.05) is 18.2 Å². The van der Waals surface area contributed by atoms with Gasteiger partial charge in [0.05, 0.1) is 14.2 Å². The predicted molar refractivity (Wildman–Crippen MR) is 68.6 cm³/mol. The van der Waals surface area contributed by atoms with E-state index >= 15 is 0 Å². The number of aryl methyl sites for hydroxylation is 1. The van der Waals surface area contributed by atoms with E-state index in [4.69, 9.17) is 9.47 Å². The van der Waals surface area contributed by atoms with Crippen molar-refractivity contribution in [3.8, 4) is 22.6 Å². The quantitative estimate of drug-likeness (QED) is 0.799. The lowest BCUT2D eigenvalue weighted by Gasteiger charge is -2.10. The van der Waals surface area contributed by atoms with Gasteiger partial charge in [0.15, 0.2) is 0 Å². The zero-order valence-electron chi connectivity index (χ0n) is 10.3. The Morgan fingerprint density at radius 2 is 1.65 bits per heavy atom. The molecule has 0 unspecified atom stereocenters. The van der Waals surface area contributed by atoms with Crippen LogP contribution in [0.1, 0.15) is 5.56 Å². The minimum Gasteiger partial charge on any atom is -0.497 e. The lowest BCUT2D eigenvalue weighted by molar-refractivity contribution is 0.394. The molecule has 87 valence electrons. The van der Waals surface area contributed by atoms with Crippen LogP contribution in [0.2, 0.25) is 0 Å². The maximum absolute atomic E-state index is 5.27. The lowest BCUT2D eigenvalue weighted by Crippen LogP contribution is -1.90. The van der Waals surface area contributed by atoms with E-state index in [2.05, 4.69) is 12.1 Å². The highest BCUT2D eigenvalue weighted by molar-refractivity contribution is 5.70. The summed E-state index contributed by atoms with van der Waals surface area (Å²) < 4.78 is 10.5. The fourth-order valence-corrected chi connectivity index (χ4v) is 1.80. The maximum Gasteiger partial charge on any atom is 0.123 e. The van der Waals surface area contributed by atoms with Gasteiger partial charge in [0.1, 0.15) is 11.5 Å². The van der Waals surface area contributed by atoms with Crippen LogP contribution in [0, 0.1) is 13.0 Å². The van der Waals surface area contributed by atoms with Gasteiger partial charge in [-0.2, -0.15) is 0 Å². The molecule has 0 fully saturated rings. The number of methoxy groups -OCH3 is 2. The van der Waals surface area contributed by atoms with Crippen LogP contribution in [0.15, 0.2) is 36.4 Å². The van der Waals surface area contributed by atoms with Crippen LogP contribution in [-0.4, -0.2) is 14.2 Å². The lowest BCUT2D eigenvalue weighted by atomic mass is 10.0. The van der Waals surface area contributed by atoms with Crippen molar-refractivity contribution in [3.05, 3.63) is 48.0 Å². The van der Waals surface area contributed by atoms with Gasteiger partial charge < -0.3 is 9.47 Å². The fraction of sp³-hybridized carbons (Fsp3) is 0.200. The van der Waals surface area contributed by atoms with Gasteiger partial charge in [-0.15, -0.1) is 0 Å². The largest absolute Gasteiger partial charge is 0.497 e. The monoisotopic (exact) mass is 227 g/mol. The molecule has 0 heterocycles. The summed E-state index contributed by atoms with van der Waals surface area (Å²) in [5.74, 6) is 1.59. The Kier molecular flexibility index (Phi) is 3.33. The average Bonchev–Trinajstić information content (AvgIpc) is 2.38. The van der Waals surface area contributed by atoms with Crippen molar-refractivity contribution in [2.24, 2.45) is 0 Å². The Morgan fingerprint density at radius 3 is 2.18 bits per heavy atom. The van der Waals surface area contributed by atoms with Crippen molar-refractivity contribution in [3.63, 3.8) is 0 Å². The number of rotatable bonds is 3. The summed E-state index contributed by atoms with van der Waals surface area (Å²) in [6, 6.07) is 15.0. The second-order valence-corrected chi connectivity index (χ2v) is 3.81. The van der Waals surface area contributed by atoms with Crippen LogP contribution in [0.25, 0.3) is 11.1 Å². The molecule has 2 rings (SSSR count). The van der Waals surface area contributed by atoms with Crippen LogP contribution < -0.4 is 9.47 Å². The van der Waals surface area contributed by atoms with Gasteiger partial charge in [0.25, 0.3) is 0 Å². The minimum atomic E-state index is 0.794. The Bertz CT molecular complexity index is 496. The summed E-state index contributed by atoms with van der Waals surface area (Å²) in [7, 11) is 3.31. The molecular formula is C15H15O2. The summed E-state index contributed by atoms with van der Waals surface area (Å²) in [4.78, 5) is 0. The third kappa shape index (κ3) is 2.41. The predicted octanol–water partition coefficient (Wildman–Crippen LogP) is 3.48. The van der Waals surface area contributed by atoms with E-state index in [1.165, 1.54) is 0 Å². The van der Waals surface area contributed by atoms with Gasteiger partial charge >= 0.3 is 0 Å². The Balaban J connectivity index is 2.55. The smallest absolute Gasteiger partial charge is 0.123 e. The topological polar surface area (TPSA) is 18.5 Å². The van der Waals surface area contributed by atoms with Crippen LogP contribution >= 0.6 is 0 Å². The van der Waals surface area contributed by atoms with Gasteiger partial charge in [-0.3, -0.25) is 0 Å². The summed E-state index contributed by atoms with van der Waals surface area (Å²) in [6.45, 7) is 2.04. The van der Waals surface area contributed by atoms with Gasteiger partial charge in [0, 0.05) is 6.07 Å². The Morgan fingerprint density at radius 1 is 1.00 bits per heavy atom. The van der Waals surface area contributed by atoms with Crippen molar-refractivity contribution >= 4 is 0 Å². The summed E-state index contributed by atoms with van der Waals surface area (Å²) >= 11 is 0. The van der Waals surface area contributed by atoms with Crippen molar-refractivity contribution in [1.29, 1.82) is 0 Å². The molecule has 0 aliphatic carbocycles. The van der Waals surface area contributed by atoms with E-state index in [0.717, 1.165) is 28.2 Å². The van der Waals surface area contributed by atoms with Gasteiger partial charge in [-0.25, -0.2) is 0 Å². The Hall–Kier alpha value is -1.96. The van der Waals surface area contributed by atoms with Crippen LogP contribution in [0.4, 0.5) is 0 Å². The first-order valence-corrected chi connectivity index (χ1v) is 5.45. The fourth-order valence-electron chi connectivity index (χ4n) is 1.80. The van der Waals surface area contributed by atoms with Crippen molar-refractivity contribution in [2.75, 3.05) is 14.2 Å². The zero-order valence-corrected chi connectivity index (χ0v) is 10.3. The first kappa shape index (κ1) is 11.5. The number of benzene rings is 2. The third-order valence-corrected chi connectivity index (χ3v) is 2.73. The van der Waals surface area contributed by atoms with E-state index in [-0.39, 0.29) is 0 Å². The van der Waals surface area contributed by atoms with Gasteiger partial charge in [0.2, 0.25) is 0 Å². The summed E-state index contributed by atoms with van der Waals surface area (Å²) in [5, 5.41) is 0. The molecule has 0 amide bonds. The molecule has 0 spiro atoms. The van der Waals surface area contributed by atoms with E-state index in [1.54, 1.807) is 14.2 Å². The normalized spacial score (nSPS) is 10.1.